The van der Waals surface area contributed by atoms with E-state index in [0.717, 1.165) is 0 Å². The Morgan fingerprint density at radius 3 is 1.67 bits per heavy atom. The highest BCUT2D eigenvalue weighted by Crippen LogP contribution is 1.84. The maximum Gasteiger partial charge on any atom is 0.313 e. The molecule has 1 N–H and O–H groups in total. The Morgan fingerprint density at radius 1 is 1.22 bits per heavy atom. The van der Waals surface area contributed by atoms with Crippen LogP contribution in [0.3, 0.4) is 0 Å². The van der Waals surface area contributed by atoms with E-state index in [1.54, 1.807) is 0 Å². The van der Waals surface area contributed by atoms with E-state index in [1.165, 1.54) is 0 Å². The Bertz CT molecular complexity index is 129. The van der Waals surface area contributed by atoms with E-state index in [1.807, 2.05) is 24.5 Å². The molecule has 1 aromatic heterocycles. The number of carbonyl (C=O) groups is 1. The third-order valence-electron chi connectivity index (χ3n) is 0.496. The van der Waals surface area contributed by atoms with E-state index in [2.05, 4.69) is 28.2 Å². The zero-order valence-corrected chi connectivity index (χ0v) is 5.99. The first-order valence-electron chi connectivity index (χ1n) is 2.16. The van der Waals surface area contributed by atoms with Crippen LogP contribution in [0.4, 0.5) is 4.79 Å². The minimum absolute atomic E-state index is 0.889. The molecular weight excluding hydrogens is 161 g/mol. The van der Waals surface area contributed by atoms with Crippen molar-refractivity contribution in [3.8, 4) is 0 Å². The van der Waals surface area contributed by atoms with E-state index in [0.29, 0.717) is 0 Å². The third-order valence-corrected chi connectivity index (χ3v) is 0.496. The van der Waals surface area contributed by atoms with Gasteiger partial charge in [0, 0.05) is 12.4 Å². The predicted molar refractivity (Wildman–Crippen MR) is 37.9 cm³/mol. The molecule has 0 unspecified atom stereocenters. The summed E-state index contributed by atoms with van der Waals surface area (Å²) in [5, 5.41) is 0. The summed E-state index contributed by atoms with van der Waals surface area (Å²) < 4.78 is -0.889. The standard InChI is InChI=1S/C4H5N.CCl2O/c1-2-4-5-3-1;2-1(3)4/h1-5H;. The molecule has 0 bridgehead atoms. The highest BCUT2D eigenvalue weighted by Gasteiger charge is 1.72. The highest BCUT2D eigenvalue weighted by atomic mass is 35.5. The second-order valence-electron chi connectivity index (χ2n) is 1.11. The molecule has 0 saturated carbocycles. The fraction of sp³-hybridized carbons (Fsp3) is 0. The first kappa shape index (κ1) is 8.53. The van der Waals surface area contributed by atoms with Crippen molar-refractivity contribution in [2.45, 2.75) is 0 Å². The van der Waals surface area contributed by atoms with Crippen LogP contribution >= 0.6 is 23.2 Å². The first-order valence-corrected chi connectivity index (χ1v) is 2.92. The van der Waals surface area contributed by atoms with Crippen molar-refractivity contribution in [1.82, 2.24) is 4.98 Å². The Balaban J connectivity index is 0.000000148. The second kappa shape index (κ2) is 5.66. The van der Waals surface area contributed by atoms with Crippen molar-refractivity contribution >= 4 is 27.9 Å². The van der Waals surface area contributed by atoms with Gasteiger partial charge in [0.2, 0.25) is 0 Å². The number of rotatable bonds is 0. The quantitative estimate of drug-likeness (QED) is 0.590. The lowest BCUT2D eigenvalue weighted by molar-refractivity contribution is 0.275. The topological polar surface area (TPSA) is 32.9 Å². The van der Waals surface area contributed by atoms with Gasteiger partial charge in [0.15, 0.2) is 0 Å². The summed E-state index contributed by atoms with van der Waals surface area (Å²) in [6, 6.07) is 3.89. The molecule has 0 spiro atoms. The third kappa shape index (κ3) is 11.2. The van der Waals surface area contributed by atoms with Crippen LogP contribution in [0.2, 0.25) is 0 Å². The van der Waals surface area contributed by atoms with Crippen molar-refractivity contribution in [3.63, 3.8) is 0 Å². The van der Waals surface area contributed by atoms with Gasteiger partial charge >= 0.3 is 4.70 Å². The minimum atomic E-state index is -0.889. The summed E-state index contributed by atoms with van der Waals surface area (Å²) >= 11 is 8.80. The van der Waals surface area contributed by atoms with Gasteiger partial charge in [-0.25, -0.2) is 0 Å². The van der Waals surface area contributed by atoms with Gasteiger partial charge in [-0.1, -0.05) is 0 Å². The zero-order chi connectivity index (χ0) is 7.11. The Kier molecular flexibility index (Phi) is 5.37. The molecule has 0 saturated heterocycles. The maximum absolute atomic E-state index is 8.98. The molecule has 2 nitrogen and oxygen atoms in total. The Morgan fingerprint density at radius 2 is 1.56 bits per heavy atom. The summed E-state index contributed by atoms with van der Waals surface area (Å²) in [4.78, 5) is 11.8. The number of hydrogen-bond donors (Lipinski definition) is 1. The summed E-state index contributed by atoms with van der Waals surface area (Å²) in [6.07, 6.45) is 3.75. The van der Waals surface area contributed by atoms with Gasteiger partial charge in [-0.3, -0.25) is 4.79 Å². The molecular formula is C5H5Cl2NO. The number of carbonyl (C=O) groups excluding carboxylic acids is 1. The minimum Gasteiger partial charge on any atom is -0.368 e. The van der Waals surface area contributed by atoms with Gasteiger partial charge in [0.1, 0.15) is 0 Å². The van der Waals surface area contributed by atoms with Crippen LogP contribution in [0.1, 0.15) is 0 Å². The van der Waals surface area contributed by atoms with Crippen molar-refractivity contribution in [3.05, 3.63) is 24.5 Å². The van der Waals surface area contributed by atoms with Gasteiger partial charge in [0.05, 0.1) is 0 Å². The Labute approximate surface area is 62.8 Å². The average Bonchev–Trinajstić information content (AvgIpc) is 2.11. The number of hydrogen-bond acceptors (Lipinski definition) is 1. The molecule has 1 rings (SSSR count). The van der Waals surface area contributed by atoms with Gasteiger partial charge in [0.25, 0.3) is 0 Å². The molecule has 0 aliphatic rings. The Hall–Kier alpha value is -0.470. The largest absolute Gasteiger partial charge is 0.368 e. The number of aromatic nitrogens is 1. The number of nitrogens with one attached hydrogen (secondary N) is 1. The van der Waals surface area contributed by atoms with Gasteiger partial charge in [-0.2, -0.15) is 0 Å². The van der Waals surface area contributed by atoms with Crippen LogP contribution in [-0.4, -0.2) is 9.69 Å². The van der Waals surface area contributed by atoms with Crippen LogP contribution in [0.25, 0.3) is 0 Å². The van der Waals surface area contributed by atoms with Gasteiger partial charge in [-0.05, 0) is 35.3 Å². The second-order valence-corrected chi connectivity index (χ2v) is 1.99. The van der Waals surface area contributed by atoms with Crippen LogP contribution in [0.15, 0.2) is 24.5 Å². The molecule has 0 aromatic carbocycles. The van der Waals surface area contributed by atoms with E-state index in [4.69, 9.17) is 4.79 Å². The summed E-state index contributed by atoms with van der Waals surface area (Å²) in [5.74, 6) is 0. The van der Waals surface area contributed by atoms with Crippen LogP contribution in [0, 0.1) is 0 Å². The first-order chi connectivity index (χ1) is 4.23. The van der Waals surface area contributed by atoms with E-state index >= 15 is 0 Å². The van der Waals surface area contributed by atoms with E-state index < -0.39 is 4.70 Å². The average molecular weight is 166 g/mol. The summed E-state index contributed by atoms with van der Waals surface area (Å²) in [5.41, 5.74) is 0. The van der Waals surface area contributed by atoms with Crippen LogP contribution in [-0.2, 0) is 0 Å². The van der Waals surface area contributed by atoms with Crippen LogP contribution in [0.5, 0.6) is 0 Å². The maximum atomic E-state index is 8.98. The fourth-order valence-corrected chi connectivity index (χ4v) is 0.278. The lowest BCUT2D eigenvalue weighted by Crippen LogP contribution is -1.46. The molecule has 0 fully saturated rings. The van der Waals surface area contributed by atoms with E-state index in [9.17, 15) is 0 Å². The smallest absolute Gasteiger partial charge is 0.313 e. The molecule has 0 aliphatic carbocycles. The summed E-state index contributed by atoms with van der Waals surface area (Å²) in [7, 11) is 0. The zero-order valence-electron chi connectivity index (χ0n) is 4.47. The van der Waals surface area contributed by atoms with E-state index in [-0.39, 0.29) is 0 Å². The highest BCUT2D eigenvalue weighted by molar-refractivity contribution is 6.93. The summed E-state index contributed by atoms with van der Waals surface area (Å²) in [6.45, 7) is 0. The van der Waals surface area contributed by atoms with Gasteiger partial charge in [-0.15, -0.1) is 0 Å². The SMILES string of the molecule is O=C(Cl)Cl.c1cc[nH]c1. The molecule has 0 radical (unpaired) electrons. The number of halogens is 2. The van der Waals surface area contributed by atoms with Crippen molar-refractivity contribution < 1.29 is 4.79 Å². The monoisotopic (exact) mass is 165 g/mol. The fourth-order valence-electron chi connectivity index (χ4n) is 0.278. The van der Waals surface area contributed by atoms with Gasteiger partial charge < -0.3 is 4.98 Å². The number of H-pyrrole nitrogens is 1. The predicted octanol–water partition coefficient (Wildman–Crippen LogP) is 2.60. The van der Waals surface area contributed by atoms with Crippen molar-refractivity contribution in [1.29, 1.82) is 0 Å². The molecule has 9 heavy (non-hydrogen) atoms. The molecule has 1 heterocycles. The van der Waals surface area contributed by atoms with Crippen LogP contribution < -0.4 is 0 Å². The normalized spacial score (nSPS) is 7.33. The van der Waals surface area contributed by atoms with Crippen molar-refractivity contribution in [2.75, 3.05) is 0 Å². The molecule has 0 aliphatic heterocycles. The molecule has 0 amide bonds. The molecule has 50 valence electrons. The lowest BCUT2D eigenvalue weighted by atomic mass is 10.7. The molecule has 0 atom stereocenters. The lowest BCUT2D eigenvalue weighted by Gasteiger charge is -1.49. The molecule has 1 aromatic rings. The molecule has 4 heteroatoms. The number of aromatic amines is 1. The van der Waals surface area contributed by atoms with Crippen molar-refractivity contribution in [2.24, 2.45) is 0 Å².